The normalized spacial score (nSPS) is 12.6. The van der Waals surface area contributed by atoms with Crippen LogP contribution in [0.1, 0.15) is 32.9 Å². The summed E-state index contributed by atoms with van der Waals surface area (Å²) in [5, 5.41) is 9.70. The molecular formula is C13H26IN5S. The highest BCUT2D eigenvalue weighted by molar-refractivity contribution is 14.0. The van der Waals surface area contributed by atoms with Crippen molar-refractivity contribution in [3.05, 3.63) is 11.1 Å². The van der Waals surface area contributed by atoms with Gasteiger partial charge in [-0.25, -0.2) is 9.98 Å². The highest BCUT2D eigenvalue weighted by Crippen LogP contribution is 2.18. The summed E-state index contributed by atoms with van der Waals surface area (Å²) in [5.41, 5.74) is 1.01. The van der Waals surface area contributed by atoms with Crippen LogP contribution in [0.2, 0.25) is 0 Å². The highest BCUT2D eigenvalue weighted by Gasteiger charge is 2.05. The molecule has 0 amide bonds. The summed E-state index contributed by atoms with van der Waals surface area (Å²) >= 11 is 1.65. The number of nitrogens with one attached hydrogen (secondary N) is 2. The molecule has 5 nitrogen and oxygen atoms in total. The van der Waals surface area contributed by atoms with E-state index in [2.05, 4.69) is 46.8 Å². The van der Waals surface area contributed by atoms with E-state index in [4.69, 9.17) is 0 Å². The van der Waals surface area contributed by atoms with Gasteiger partial charge in [0.15, 0.2) is 11.1 Å². The van der Waals surface area contributed by atoms with E-state index < -0.39 is 0 Å². The van der Waals surface area contributed by atoms with E-state index in [1.54, 1.807) is 11.3 Å². The molecule has 0 aliphatic heterocycles. The van der Waals surface area contributed by atoms with Crippen molar-refractivity contribution in [2.24, 2.45) is 4.99 Å². The molecule has 0 fully saturated rings. The lowest BCUT2D eigenvalue weighted by Crippen LogP contribution is -2.41. The SMILES string of the molecule is CCNC(=NCc1csc(N(C)C)n1)NC(C)CC.I. The number of aromatic nitrogens is 1. The van der Waals surface area contributed by atoms with Gasteiger partial charge < -0.3 is 15.5 Å². The topological polar surface area (TPSA) is 52.6 Å². The van der Waals surface area contributed by atoms with E-state index >= 15 is 0 Å². The van der Waals surface area contributed by atoms with Gasteiger partial charge in [-0.05, 0) is 20.3 Å². The molecule has 7 heteroatoms. The summed E-state index contributed by atoms with van der Waals surface area (Å²) in [6, 6.07) is 0.422. The Balaban J connectivity index is 0.00000361. The second-order valence-electron chi connectivity index (χ2n) is 4.66. The van der Waals surface area contributed by atoms with Crippen molar-refractivity contribution >= 4 is 46.4 Å². The monoisotopic (exact) mass is 411 g/mol. The second-order valence-corrected chi connectivity index (χ2v) is 5.50. The third-order valence-corrected chi connectivity index (χ3v) is 3.72. The summed E-state index contributed by atoms with van der Waals surface area (Å²) in [6.45, 7) is 7.85. The number of thiazole rings is 1. The van der Waals surface area contributed by atoms with Crippen LogP contribution >= 0.6 is 35.3 Å². The Morgan fingerprint density at radius 3 is 2.65 bits per heavy atom. The number of guanidine groups is 1. The summed E-state index contributed by atoms with van der Waals surface area (Å²) in [6.07, 6.45) is 1.08. The largest absolute Gasteiger partial charge is 0.357 e. The summed E-state index contributed by atoms with van der Waals surface area (Å²) in [7, 11) is 4.00. The average Bonchev–Trinajstić information content (AvgIpc) is 2.85. The van der Waals surface area contributed by atoms with Crippen molar-refractivity contribution in [3.8, 4) is 0 Å². The van der Waals surface area contributed by atoms with E-state index in [0.29, 0.717) is 12.6 Å². The van der Waals surface area contributed by atoms with Crippen LogP contribution in [0.25, 0.3) is 0 Å². The molecule has 1 atom stereocenters. The Morgan fingerprint density at radius 1 is 1.45 bits per heavy atom. The lowest BCUT2D eigenvalue weighted by Gasteiger charge is -2.15. The summed E-state index contributed by atoms with van der Waals surface area (Å²) < 4.78 is 0. The molecule has 0 bridgehead atoms. The molecule has 0 aliphatic rings. The zero-order valence-corrected chi connectivity index (χ0v) is 16.1. The summed E-state index contributed by atoms with van der Waals surface area (Å²) in [5.74, 6) is 0.858. The van der Waals surface area contributed by atoms with Gasteiger partial charge in [-0.2, -0.15) is 0 Å². The van der Waals surface area contributed by atoms with Crippen molar-refractivity contribution < 1.29 is 0 Å². The van der Waals surface area contributed by atoms with Gasteiger partial charge in [0, 0.05) is 32.1 Å². The molecule has 1 aromatic rings. The molecule has 0 aliphatic carbocycles. The minimum atomic E-state index is 0. The number of rotatable bonds is 6. The third kappa shape index (κ3) is 6.74. The van der Waals surface area contributed by atoms with Gasteiger partial charge >= 0.3 is 0 Å². The van der Waals surface area contributed by atoms with Crippen LogP contribution in [-0.2, 0) is 6.54 Å². The molecular weight excluding hydrogens is 385 g/mol. The first kappa shape index (κ1) is 19.4. The highest BCUT2D eigenvalue weighted by atomic mass is 127. The van der Waals surface area contributed by atoms with Crippen molar-refractivity contribution in [1.82, 2.24) is 15.6 Å². The average molecular weight is 411 g/mol. The maximum atomic E-state index is 4.56. The predicted octanol–water partition coefficient (Wildman–Crippen LogP) is 2.68. The maximum absolute atomic E-state index is 4.56. The van der Waals surface area contributed by atoms with Crippen molar-refractivity contribution in [1.29, 1.82) is 0 Å². The Bertz CT molecular complexity index is 405. The molecule has 2 N–H and O–H groups in total. The second kappa shape index (κ2) is 10.2. The van der Waals surface area contributed by atoms with E-state index in [1.807, 2.05) is 19.0 Å². The number of anilines is 1. The molecule has 0 spiro atoms. The molecule has 1 unspecified atom stereocenters. The van der Waals surface area contributed by atoms with Gasteiger partial charge in [-0.1, -0.05) is 6.92 Å². The van der Waals surface area contributed by atoms with Crippen molar-refractivity contribution in [2.75, 3.05) is 25.5 Å². The van der Waals surface area contributed by atoms with Crippen LogP contribution in [0.3, 0.4) is 0 Å². The Kier molecular flexibility index (Phi) is 9.91. The lowest BCUT2D eigenvalue weighted by atomic mass is 10.3. The Morgan fingerprint density at radius 2 is 2.15 bits per heavy atom. The van der Waals surface area contributed by atoms with E-state index in [-0.39, 0.29) is 24.0 Å². The molecule has 0 saturated heterocycles. The predicted molar refractivity (Wildman–Crippen MR) is 99.6 cm³/mol. The van der Waals surface area contributed by atoms with Gasteiger partial charge in [0.1, 0.15) is 0 Å². The first-order chi connectivity index (χ1) is 9.06. The molecule has 116 valence electrons. The number of hydrogen-bond acceptors (Lipinski definition) is 4. The van der Waals surface area contributed by atoms with Gasteiger partial charge in [-0.15, -0.1) is 35.3 Å². The van der Waals surface area contributed by atoms with Crippen molar-refractivity contribution in [3.63, 3.8) is 0 Å². The molecule has 0 radical (unpaired) electrons. The van der Waals surface area contributed by atoms with Crippen LogP contribution < -0.4 is 15.5 Å². The van der Waals surface area contributed by atoms with E-state index in [1.165, 1.54) is 0 Å². The van der Waals surface area contributed by atoms with E-state index in [9.17, 15) is 0 Å². The van der Waals surface area contributed by atoms with E-state index in [0.717, 1.165) is 29.8 Å². The standard InChI is InChI=1S/C13H25N5S.HI/c1-6-10(3)16-12(14-7-2)15-8-11-9-19-13(17-11)18(4)5;/h9-10H,6-8H2,1-5H3,(H2,14,15,16);1H. The van der Waals surface area contributed by atoms with Crippen molar-refractivity contribution in [2.45, 2.75) is 39.8 Å². The van der Waals surface area contributed by atoms with Gasteiger partial charge in [0.05, 0.1) is 12.2 Å². The summed E-state index contributed by atoms with van der Waals surface area (Å²) in [4.78, 5) is 11.1. The molecule has 1 heterocycles. The fourth-order valence-electron chi connectivity index (χ4n) is 1.39. The quantitative estimate of drug-likeness (QED) is 0.430. The van der Waals surface area contributed by atoms with Crippen LogP contribution in [-0.4, -0.2) is 37.6 Å². The van der Waals surface area contributed by atoms with Crippen LogP contribution in [0.5, 0.6) is 0 Å². The molecule has 1 aromatic heterocycles. The number of halogens is 1. The first-order valence-electron chi connectivity index (χ1n) is 6.73. The molecule has 0 saturated carbocycles. The van der Waals surface area contributed by atoms with Crippen LogP contribution in [0.15, 0.2) is 10.4 Å². The third-order valence-electron chi connectivity index (χ3n) is 2.66. The van der Waals surface area contributed by atoms with Crippen LogP contribution in [0, 0.1) is 0 Å². The van der Waals surface area contributed by atoms with Gasteiger partial charge in [0.25, 0.3) is 0 Å². The van der Waals surface area contributed by atoms with Gasteiger partial charge in [-0.3, -0.25) is 0 Å². The zero-order chi connectivity index (χ0) is 14.3. The molecule has 0 aromatic carbocycles. The first-order valence-corrected chi connectivity index (χ1v) is 7.61. The Hall–Kier alpha value is -0.570. The molecule has 20 heavy (non-hydrogen) atoms. The maximum Gasteiger partial charge on any atom is 0.191 e. The zero-order valence-electron chi connectivity index (χ0n) is 12.9. The fraction of sp³-hybridized carbons (Fsp3) is 0.692. The van der Waals surface area contributed by atoms with Crippen LogP contribution in [0.4, 0.5) is 5.13 Å². The number of aliphatic imine (C=N–C) groups is 1. The Labute approximate surface area is 143 Å². The minimum absolute atomic E-state index is 0. The fourth-order valence-corrected chi connectivity index (χ4v) is 2.14. The van der Waals surface area contributed by atoms with Gasteiger partial charge in [0.2, 0.25) is 0 Å². The molecule has 1 rings (SSSR count). The lowest BCUT2D eigenvalue weighted by molar-refractivity contribution is 0.624. The minimum Gasteiger partial charge on any atom is -0.357 e. The number of hydrogen-bond donors (Lipinski definition) is 2. The smallest absolute Gasteiger partial charge is 0.191 e. The number of nitrogens with zero attached hydrogens (tertiary/aromatic N) is 3.